The largest absolute Gasteiger partial charge is 0.387 e. The Bertz CT molecular complexity index is 432. The van der Waals surface area contributed by atoms with E-state index in [4.69, 9.17) is 6.42 Å². The van der Waals surface area contributed by atoms with Crippen LogP contribution in [0.4, 0.5) is 5.69 Å². The fourth-order valence-corrected chi connectivity index (χ4v) is 1.52. The smallest absolute Gasteiger partial charge is 0.254 e. The molecule has 0 heterocycles. The van der Waals surface area contributed by atoms with Gasteiger partial charge in [-0.1, -0.05) is 31.9 Å². The molecule has 0 fully saturated rings. The monoisotopic (exact) mass is 230 g/mol. The number of anilines is 1. The van der Waals surface area contributed by atoms with Crippen molar-refractivity contribution in [2.75, 3.05) is 12.4 Å². The molecule has 3 heteroatoms. The first-order valence-electron chi connectivity index (χ1n) is 5.64. The zero-order valence-corrected chi connectivity index (χ0v) is 10.4. The predicted molar refractivity (Wildman–Crippen MR) is 70.9 cm³/mol. The number of carbonyl (C=O) groups is 1. The number of benzene rings is 1. The van der Waals surface area contributed by atoms with Crippen molar-refractivity contribution < 1.29 is 4.79 Å². The standard InChI is InChI=1S/C14H18N2O/c1-5-12(10(2)3)16-14(17)11-8-6-7-9-13(11)15-4/h1,6-10,12,15H,2-4H3,(H,16,17). The van der Waals surface area contributed by atoms with Gasteiger partial charge in [-0.2, -0.15) is 0 Å². The number of nitrogens with one attached hydrogen (secondary N) is 2. The second kappa shape index (κ2) is 5.95. The number of amides is 1. The summed E-state index contributed by atoms with van der Waals surface area (Å²) in [5, 5.41) is 5.83. The lowest BCUT2D eigenvalue weighted by Gasteiger charge is -2.17. The highest BCUT2D eigenvalue weighted by molar-refractivity contribution is 5.99. The van der Waals surface area contributed by atoms with Gasteiger partial charge in [0.2, 0.25) is 0 Å². The number of hydrogen-bond donors (Lipinski definition) is 2. The Kier molecular flexibility index (Phi) is 4.59. The molecule has 0 bridgehead atoms. The fourth-order valence-electron chi connectivity index (χ4n) is 1.52. The van der Waals surface area contributed by atoms with Crippen LogP contribution >= 0.6 is 0 Å². The second-order valence-corrected chi connectivity index (χ2v) is 4.16. The van der Waals surface area contributed by atoms with E-state index in [1.54, 1.807) is 13.1 Å². The first kappa shape index (κ1) is 13.1. The SMILES string of the molecule is C#CC(NC(=O)c1ccccc1NC)C(C)C. The molecule has 0 aromatic heterocycles. The van der Waals surface area contributed by atoms with Crippen molar-refractivity contribution in [2.24, 2.45) is 5.92 Å². The van der Waals surface area contributed by atoms with Gasteiger partial charge in [-0.3, -0.25) is 4.79 Å². The number of carbonyl (C=O) groups excluding carboxylic acids is 1. The summed E-state index contributed by atoms with van der Waals surface area (Å²) in [6.07, 6.45) is 5.39. The van der Waals surface area contributed by atoms with Gasteiger partial charge in [0.25, 0.3) is 5.91 Å². The topological polar surface area (TPSA) is 41.1 Å². The summed E-state index contributed by atoms with van der Waals surface area (Å²) in [6.45, 7) is 3.96. The van der Waals surface area contributed by atoms with Gasteiger partial charge < -0.3 is 10.6 Å². The third-order valence-electron chi connectivity index (χ3n) is 2.57. The number of hydrogen-bond acceptors (Lipinski definition) is 2. The molecule has 1 rings (SSSR count). The van der Waals surface area contributed by atoms with Gasteiger partial charge in [-0.25, -0.2) is 0 Å². The number of para-hydroxylation sites is 1. The number of rotatable bonds is 4. The van der Waals surface area contributed by atoms with E-state index >= 15 is 0 Å². The molecule has 0 radical (unpaired) electrons. The van der Waals surface area contributed by atoms with Gasteiger partial charge in [-0.05, 0) is 18.1 Å². The van der Waals surface area contributed by atoms with Crippen molar-refractivity contribution in [3.63, 3.8) is 0 Å². The second-order valence-electron chi connectivity index (χ2n) is 4.16. The van der Waals surface area contributed by atoms with Crippen LogP contribution in [0, 0.1) is 18.3 Å². The molecule has 1 aromatic rings. The maximum Gasteiger partial charge on any atom is 0.254 e. The summed E-state index contributed by atoms with van der Waals surface area (Å²) in [5.74, 6) is 2.65. The molecule has 0 saturated heterocycles. The average molecular weight is 230 g/mol. The van der Waals surface area contributed by atoms with Crippen LogP contribution in [0.15, 0.2) is 24.3 Å². The van der Waals surface area contributed by atoms with Crippen molar-refractivity contribution in [1.29, 1.82) is 0 Å². The molecule has 1 atom stereocenters. The first-order valence-corrected chi connectivity index (χ1v) is 5.64. The van der Waals surface area contributed by atoms with Crippen LogP contribution < -0.4 is 10.6 Å². The normalized spacial score (nSPS) is 11.7. The Balaban J connectivity index is 2.87. The molecule has 0 saturated carbocycles. The maximum atomic E-state index is 12.1. The third kappa shape index (κ3) is 3.25. The van der Waals surface area contributed by atoms with Crippen LogP contribution in [0.5, 0.6) is 0 Å². The molecular formula is C14H18N2O. The Labute approximate surface area is 103 Å². The van der Waals surface area contributed by atoms with Gasteiger partial charge in [0.1, 0.15) is 0 Å². The fraction of sp³-hybridized carbons (Fsp3) is 0.357. The van der Waals surface area contributed by atoms with Crippen molar-refractivity contribution in [3.8, 4) is 12.3 Å². The van der Waals surface area contributed by atoms with Crippen LogP contribution in [0.1, 0.15) is 24.2 Å². The Morgan fingerprint density at radius 1 is 1.35 bits per heavy atom. The highest BCUT2D eigenvalue weighted by Gasteiger charge is 2.16. The molecule has 1 aromatic carbocycles. The Hall–Kier alpha value is -1.95. The Morgan fingerprint density at radius 2 is 2.00 bits per heavy atom. The highest BCUT2D eigenvalue weighted by Crippen LogP contribution is 2.14. The number of terminal acetylenes is 1. The van der Waals surface area contributed by atoms with Gasteiger partial charge >= 0.3 is 0 Å². The lowest BCUT2D eigenvalue weighted by molar-refractivity contribution is 0.0939. The van der Waals surface area contributed by atoms with E-state index < -0.39 is 0 Å². The summed E-state index contributed by atoms with van der Waals surface area (Å²) in [5.41, 5.74) is 1.40. The zero-order chi connectivity index (χ0) is 12.8. The van der Waals surface area contributed by atoms with E-state index in [1.807, 2.05) is 32.0 Å². The van der Waals surface area contributed by atoms with Crippen molar-refractivity contribution >= 4 is 11.6 Å². The zero-order valence-electron chi connectivity index (χ0n) is 10.4. The molecule has 2 N–H and O–H groups in total. The molecule has 0 aliphatic rings. The van der Waals surface area contributed by atoms with Crippen molar-refractivity contribution in [2.45, 2.75) is 19.9 Å². The van der Waals surface area contributed by atoms with Gasteiger partial charge in [0, 0.05) is 12.7 Å². The molecular weight excluding hydrogens is 212 g/mol. The molecule has 17 heavy (non-hydrogen) atoms. The maximum absolute atomic E-state index is 12.1. The minimum Gasteiger partial charge on any atom is -0.387 e. The van der Waals surface area contributed by atoms with Gasteiger partial charge in [-0.15, -0.1) is 6.42 Å². The Morgan fingerprint density at radius 3 is 2.53 bits per heavy atom. The molecule has 1 amide bonds. The first-order chi connectivity index (χ1) is 8.10. The van der Waals surface area contributed by atoms with Crippen LogP contribution in [0.3, 0.4) is 0 Å². The summed E-state index contributed by atoms with van der Waals surface area (Å²) >= 11 is 0. The van der Waals surface area contributed by atoms with Gasteiger partial charge in [0.15, 0.2) is 0 Å². The van der Waals surface area contributed by atoms with E-state index in [-0.39, 0.29) is 17.9 Å². The van der Waals surface area contributed by atoms with Gasteiger partial charge in [0.05, 0.1) is 11.6 Å². The summed E-state index contributed by atoms with van der Waals surface area (Å²) in [4.78, 5) is 12.1. The highest BCUT2D eigenvalue weighted by atomic mass is 16.1. The van der Waals surface area contributed by atoms with E-state index in [0.717, 1.165) is 5.69 Å². The molecule has 3 nitrogen and oxygen atoms in total. The van der Waals surface area contributed by atoms with E-state index in [1.165, 1.54) is 0 Å². The quantitative estimate of drug-likeness (QED) is 0.778. The van der Waals surface area contributed by atoms with E-state index in [0.29, 0.717) is 5.56 Å². The summed E-state index contributed by atoms with van der Waals surface area (Å²) in [7, 11) is 1.78. The predicted octanol–water partition coefficient (Wildman–Crippen LogP) is 2.12. The van der Waals surface area contributed by atoms with Crippen molar-refractivity contribution in [3.05, 3.63) is 29.8 Å². The van der Waals surface area contributed by atoms with Crippen LogP contribution in [-0.2, 0) is 0 Å². The van der Waals surface area contributed by atoms with Crippen LogP contribution in [-0.4, -0.2) is 19.0 Å². The minimum absolute atomic E-state index is 0.147. The van der Waals surface area contributed by atoms with Crippen LogP contribution in [0.25, 0.3) is 0 Å². The minimum atomic E-state index is -0.243. The average Bonchev–Trinajstić information content (AvgIpc) is 2.35. The summed E-state index contributed by atoms with van der Waals surface area (Å²) < 4.78 is 0. The lowest BCUT2D eigenvalue weighted by atomic mass is 10.0. The van der Waals surface area contributed by atoms with Crippen molar-refractivity contribution in [1.82, 2.24) is 5.32 Å². The summed E-state index contributed by atoms with van der Waals surface area (Å²) in [6, 6.07) is 7.09. The molecule has 0 spiro atoms. The van der Waals surface area contributed by atoms with Crippen LogP contribution in [0.2, 0.25) is 0 Å². The molecule has 0 aliphatic heterocycles. The molecule has 1 unspecified atom stereocenters. The van der Waals surface area contributed by atoms with E-state index in [2.05, 4.69) is 16.6 Å². The van der Waals surface area contributed by atoms with E-state index in [9.17, 15) is 4.79 Å². The third-order valence-corrected chi connectivity index (χ3v) is 2.57. The lowest BCUT2D eigenvalue weighted by Crippen LogP contribution is -2.37. The molecule has 0 aliphatic carbocycles. The molecule has 90 valence electrons.